The maximum atomic E-state index is 12.2. The summed E-state index contributed by atoms with van der Waals surface area (Å²) >= 11 is 0. The van der Waals surface area contributed by atoms with E-state index in [1.54, 1.807) is 12.1 Å². The predicted octanol–water partition coefficient (Wildman–Crippen LogP) is -8.28. The van der Waals surface area contributed by atoms with Crippen LogP contribution in [0, 0.1) is 0 Å². The molecular formula is C34H44B2N4Na2O16. The molecule has 0 spiro atoms. The molecule has 0 unspecified atom stereocenters. The fraction of sp³-hybridized carbons (Fsp3) is 0.529. The normalized spacial score (nSPS) is 25.9. The quantitative estimate of drug-likeness (QED) is 0.0994. The van der Waals surface area contributed by atoms with Gasteiger partial charge in [0.15, 0.2) is 0 Å². The third-order valence-corrected chi connectivity index (χ3v) is 11.4. The molecule has 12 N–H and O–H groups in total. The first-order valence-corrected chi connectivity index (χ1v) is 18.2. The van der Waals surface area contributed by atoms with Crippen molar-refractivity contribution in [2.24, 2.45) is 11.5 Å². The zero-order chi connectivity index (χ0) is 40.9. The van der Waals surface area contributed by atoms with Crippen molar-refractivity contribution >= 4 is 37.3 Å². The third kappa shape index (κ3) is 8.47. The van der Waals surface area contributed by atoms with Crippen molar-refractivity contribution in [1.82, 2.24) is 9.80 Å². The molecule has 2 saturated heterocycles. The summed E-state index contributed by atoms with van der Waals surface area (Å²) in [5.41, 5.74) is 9.42. The summed E-state index contributed by atoms with van der Waals surface area (Å²) < 4.78 is 22.0. The van der Waals surface area contributed by atoms with Gasteiger partial charge < -0.3 is 80.6 Å². The predicted molar refractivity (Wildman–Crippen MR) is 192 cm³/mol. The van der Waals surface area contributed by atoms with E-state index in [-0.39, 0.29) is 131 Å². The van der Waals surface area contributed by atoms with E-state index in [0.717, 1.165) is 0 Å². The van der Waals surface area contributed by atoms with Crippen LogP contribution in [-0.2, 0) is 9.59 Å². The van der Waals surface area contributed by atoms with Crippen molar-refractivity contribution in [3.63, 3.8) is 0 Å². The number of aliphatic hydroxyl groups is 2. The average Bonchev–Trinajstić information content (AvgIpc) is 4.01. The van der Waals surface area contributed by atoms with E-state index in [4.69, 9.17) is 30.2 Å². The Morgan fingerprint density at radius 2 is 1.02 bits per heavy atom. The van der Waals surface area contributed by atoms with Crippen LogP contribution in [0.15, 0.2) is 24.3 Å². The zero-order valence-electron chi connectivity index (χ0n) is 32.5. The van der Waals surface area contributed by atoms with Crippen LogP contribution in [-0.4, -0.2) is 150 Å². The number of carbonyl (C=O) groups excluding carboxylic acids is 2. The van der Waals surface area contributed by atoms with Gasteiger partial charge in [0.2, 0.25) is 11.8 Å². The van der Waals surface area contributed by atoms with Crippen LogP contribution in [0.5, 0.6) is 23.0 Å². The van der Waals surface area contributed by atoms with Crippen LogP contribution in [0.1, 0.15) is 70.4 Å². The first-order chi connectivity index (χ1) is 26.1. The number of carbonyl (C=O) groups is 4. The molecule has 4 fully saturated rings. The van der Waals surface area contributed by atoms with Gasteiger partial charge in [-0.3, -0.25) is 9.59 Å². The molecular weight excluding hydrogens is 788 g/mol. The van der Waals surface area contributed by atoms with E-state index < -0.39 is 85.4 Å². The fourth-order valence-corrected chi connectivity index (χ4v) is 7.80. The molecule has 4 aliphatic heterocycles. The minimum Gasteiger partial charge on any atom is -0.669 e. The molecule has 4 heterocycles. The largest absolute Gasteiger partial charge is 1.00 e. The number of hydrogen-bond donors (Lipinski definition) is 10. The standard InChI is InChI=1S/2C17H22BN2O8.2Na/c2*1-17(19,7-21)16(24)20-5-8(6-20)27-12-3-2-9-10-4-11(10)18(25,26)28-14(9)13(12)15(22)23;;/h2*2-3,8,10-11,21,25-26H,4-7,19H2,1H3,(H,22,23);;/q2*-1;2*+1/t2*10-,11-,17-;;/m11../s1. The Balaban J connectivity index is 0.000000214. The van der Waals surface area contributed by atoms with Crippen LogP contribution in [0.4, 0.5) is 0 Å². The molecule has 0 bridgehead atoms. The Bertz CT molecular complexity index is 1860. The maximum Gasteiger partial charge on any atom is 1.00 e. The monoisotopic (exact) mass is 832 g/mol. The molecule has 304 valence electrons. The molecule has 58 heavy (non-hydrogen) atoms. The van der Waals surface area contributed by atoms with Crippen molar-refractivity contribution in [1.29, 1.82) is 0 Å². The van der Waals surface area contributed by atoms with Crippen LogP contribution in [0.25, 0.3) is 0 Å². The minimum absolute atomic E-state index is 0. The molecule has 2 amide bonds. The Kier molecular flexibility index (Phi) is 13.0. The van der Waals surface area contributed by atoms with Crippen molar-refractivity contribution in [3.05, 3.63) is 46.5 Å². The maximum absolute atomic E-state index is 12.2. The number of benzene rings is 2. The molecule has 6 atom stereocenters. The van der Waals surface area contributed by atoms with Gasteiger partial charge in [-0.2, -0.15) is 0 Å². The fourth-order valence-electron chi connectivity index (χ4n) is 7.80. The zero-order valence-corrected chi connectivity index (χ0v) is 36.5. The SMILES string of the molecule is C[C@@](N)(CO)C(=O)N1CC(Oc2ccc3c(c2C(=O)O)O[B-](O)(O)[C@@H]2C[C@H]32)C1.C[C@@](N)(CO)C(=O)N1CC(Oc2ccc3c(c2C(=O)O)O[B-](O)(O)[C@@H]2C[C@H]32)C1.[Na+].[Na+]. The van der Waals surface area contributed by atoms with Gasteiger partial charge in [0, 0.05) is 0 Å². The second kappa shape index (κ2) is 16.3. The van der Waals surface area contributed by atoms with Crippen molar-refractivity contribution in [2.75, 3.05) is 39.4 Å². The van der Waals surface area contributed by atoms with Crippen molar-refractivity contribution in [2.45, 2.75) is 73.4 Å². The summed E-state index contributed by atoms with van der Waals surface area (Å²) in [7, 11) is 0. The third-order valence-electron chi connectivity index (χ3n) is 11.4. The number of aromatic carboxylic acids is 2. The van der Waals surface area contributed by atoms with E-state index in [2.05, 4.69) is 0 Å². The second-order valence-corrected chi connectivity index (χ2v) is 16.1. The van der Waals surface area contributed by atoms with Gasteiger partial charge in [0.25, 0.3) is 0 Å². The summed E-state index contributed by atoms with van der Waals surface area (Å²) in [6.45, 7) is -3.57. The molecule has 2 saturated carbocycles. The van der Waals surface area contributed by atoms with E-state index >= 15 is 0 Å². The molecule has 0 aromatic heterocycles. The Morgan fingerprint density at radius 1 is 0.690 bits per heavy atom. The van der Waals surface area contributed by atoms with Crippen molar-refractivity contribution in [3.8, 4) is 23.0 Å². The molecule has 2 aromatic rings. The second-order valence-electron chi connectivity index (χ2n) is 16.1. The van der Waals surface area contributed by atoms with Crippen molar-refractivity contribution < 1.29 is 138 Å². The number of carboxylic acid groups (broad SMARTS) is 2. The molecule has 6 aliphatic rings. The van der Waals surface area contributed by atoms with Gasteiger partial charge in [0.05, 0.1) is 50.9 Å². The van der Waals surface area contributed by atoms with Gasteiger partial charge in [-0.05, 0) is 48.9 Å². The average molecular weight is 832 g/mol. The van der Waals surface area contributed by atoms with E-state index in [1.807, 2.05) is 0 Å². The van der Waals surface area contributed by atoms with Gasteiger partial charge in [-0.25, -0.2) is 9.59 Å². The summed E-state index contributed by atoms with van der Waals surface area (Å²) in [6.07, 6.45) is 0.152. The number of rotatable bonds is 10. The number of nitrogens with two attached hydrogens (primary N) is 2. The summed E-state index contributed by atoms with van der Waals surface area (Å²) in [5, 5.41) is 77.9. The molecule has 8 rings (SSSR count). The molecule has 2 aromatic carbocycles. The van der Waals surface area contributed by atoms with Crippen LogP contribution in [0.2, 0.25) is 11.6 Å². The van der Waals surface area contributed by atoms with Crippen LogP contribution in [0.3, 0.4) is 0 Å². The Morgan fingerprint density at radius 3 is 1.31 bits per heavy atom. The Labute approximate surface area is 375 Å². The summed E-state index contributed by atoms with van der Waals surface area (Å²) in [4.78, 5) is 50.8. The first-order valence-electron chi connectivity index (χ1n) is 18.2. The summed E-state index contributed by atoms with van der Waals surface area (Å²) in [6, 6.07) is 6.41. The van der Waals surface area contributed by atoms with E-state index in [1.165, 1.54) is 35.8 Å². The van der Waals surface area contributed by atoms with E-state index in [0.29, 0.717) is 24.0 Å². The number of nitrogens with zero attached hydrogens (tertiary/aromatic N) is 2. The number of aliphatic hydroxyl groups excluding tert-OH is 2. The molecule has 20 nitrogen and oxygen atoms in total. The number of amides is 2. The van der Waals surface area contributed by atoms with Crippen LogP contribution < -0.4 is 89.4 Å². The minimum atomic E-state index is -3.11. The molecule has 24 heteroatoms. The van der Waals surface area contributed by atoms with Gasteiger partial charge in [-0.15, -0.1) is 0 Å². The topological polar surface area (TPSA) is 326 Å². The number of hydrogen-bond acceptors (Lipinski definition) is 16. The molecule has 2 aliphatic carbocycles. The number of likely N-dealkylation sites (tertiary alicyclic amines) is 2. The molecule has 0 radical (unpaired) electrons. The van der Waals surface area contributed by atoms with Crippen LogP contribution >= 0.6 is 0 Å². The first kappa shape index (κ1) is 46.4. The summed E-state index contributed by atoms with van der Waals surface area (Å²) in [5.74, 6) is -4.63. The van der Waals surface area contributed by atoms with E-state index in [9.17, 15) is 59.7 Å². The van der Waals surface area contributed by atoms with Gasteiger partial charge in [0.1, 0.15) is 45.9 Å². The Hall–Kier alpha value is -2.67. The van der Waals surface area contributed by atoms with Gasteiger partial charge in [-0.1, -0.05) is 36.6 Å². The number of carboxylic acids is 2. The number of fused-ring (bicyclic) bond motifs is 6. The smallest absolute Gasteiger partial charge is 0.669 e. The number of ether oxygens (including phenoxy) is 2. The van der Waals surface area contributed by atoms with Gasteiger partial charge >= 0.3 is 84.6 Å².